The van der Waals surface area contributed by atoms with E-state index < -0.39 is 0 Å². The summed E-state index contributed by atoms with van der Waals surface area (Å²) >= 11 is 7.48. The number of thiophene rings is 1. The first kappa shape index (κ1) is 14.3. The van der Waals surface area contributed by atoms with E-state index in [0.29, 0.717) is 12.2 Å². The molecule has 0 unspecified atom stereocenters. The second kappa shape index (κ2) is 6.89. The number of para-hydroxylation sites is 1. The van der Waals surface area contributed by atoms with Gasteiger partial charge in [-0.15, -0.1) is 11.3 Å². The second-order valence-electron chi connectivity index (χ2n) is 4.35. The molecule has 0 spiro atoms. The molecule has 0 amide bonds. The quantitative estimate of drug-likeness (QED) is 0.864. The van der Waals surface area contributed by atoms with E-state index in [2.05, 4.69) is 10.2 Å². The maximum atomic E-state index is 13.4. The Morgan fingerprint density at radius 3 is 2.74 bits per heavy atom. The number of hydrogen-bond acceptors (Lipinski definition) is 3. The zero-order valence-electron chi connectivity index (χ0n) is 10.7. The van der Waals surface area contributed by atoms with Crippen LogP contribution in [0.3, 0.4) is 0 Å². The molecule has 0 fully saturated rings. The molecule has 2 aromatic rings. The van der Waals surface area contributed by atoms with Gasteiger partial charge >= 0.3 is 0 Å². The van der Waals surface area contributed by atoms with Crippen molar-refractivity contribution in [2.75, 3.05) is 25.5 Å². The summed E-state index contributed by atoms with van der Waals surface area (Å²) in [4.78, 5) is 3.41. The third kappa shape index (κ3) is 4.49. The lowest BCUT2D eigenvalue weighted by atomic mass is 10.3. The molecule has 1 aromatic heterocycles. The summed E-state index contributed by atoms with van der Waals surface area (Å²) in [6.45, 7) is 2.40. The van der Waals surface area contributed by atoms with Crippen molar-refractivity contribution in [3.63, 3.8) is 0 Å². The second-order valence-corrected chi connectivity index (χ2v) is 6.15. The molecule has 0 aliphatic heterocycles. The Balaban J connectivity index is 1.75. The van der Waals surface area contributed by atoms with Gasteiger partial charge in [0.15, 0.2) is 0 Å². The molecule has 0 saturated carbocycles. The first-order valence-electron chi connectivity index (χ1n) is 6.06. The molecule has 1 aromatic carbocycles. The molecular formula is C14H16ClFN2S. The number of anilines is 1. The first-order valence-corrected chi connectivity index (χ1v) is 7.26. The summed E-state index contributed by atoms with van der Waals surface area (Å²) < 4.78 is 14.2. The Labute approximate surface area is 121 Å². The third-order valence-corrected chi connectivity index (χ3v) is 3.95. The van der Waals surface area contributed by atoms with Crippen LogP contribution in [0.1, 0.15) is 4.88 Å². The summed E-state index contributed by atoms with van der Waals surface area (Å²) in [7, 11) is 2.04. The normalized spacial score (nSPS) is 10.9. The fraction of sp³-hybridized carbons (Fsp3) is 0.286. The molecule has 0 radical (unpaired) electrons. The van der Waals surface area contributed by atoms with Crippen LogP contribution in [-0.4, -0.2) is 25.0 Å². The fourth-order valence-corrected chi connectivity index (χ4v) is 2.94. The lowest BCUT2D eigenvalue weighted by Gasteiger charge is -2.16. The summed E-state index contributed by atoms with van der Waals surface area (Å²) in [6.07, 6.45) is 0. The number of benzene rings is 1. The first-order chi connectivity index (χ1) is 9.15. The van der Waals surface area contributed by atoms with Gasteiger partial charge in [0.05, 0.1) is 10.0 Å². The predicted octanol–water partition coefficient (Wildman–Crippen LogP) is 4.08. The van der Waals surface area contributed by atoms with E-state index in [0.717, 1.165) is 17.4 Å². The number of hydrogen-bond donors (Lipinski definition) is 1. The zero-order chi connectivity index (χ0) is 13.7. The van der Waals surface area contributed by atoms with Crippen LogP contribution in [0.15, 0.2) is 36.4 Å². The van der Waals surface area contributed by atoms with Crippen LogP contribution in [0.5, 0.6) is 0 Å². The number of rotatable bonds is 6. The summed E-state index contributed by atoms with van der Waals surface area (Å²) in [6, 6.07) is 10.7. The molecule has 5 heteroatoms. The summed E-state index contributed by atoms with van der Waals surface area (Å²) in [5, 5.41) is 3.10. The van der Waals surface area contributed by atoms with Gasteiger partial charge in [0.1, 0.15) is 5.82 Å². The van der Waals surface area contributed by atoms with Crippen molar-refractivity contribution in [1.82, 2.24) is 4.90 Å². The molecule has 0 saturated heterocycles. The van der Waals surface area contributed by atoms with Crippen LogP contribution in [0, 0.1) is 5.82 Å². The Morgan fingerprint density at radius 2 is 2.05 bits per heavy atom. The molecule has 0 bridgehead atoms. The number of likely N-dealkylation sites (N-methyl/N-ethyl adjacent to an activating group) is 1. The zero-order valence-corrected chi connectivity index (χ0v) is 12.3. The molecule has 1 heterocycles. The van der Waals surface area contributed by atoms with E-state index in [1.54, 1.807) is 23.5 Å². The smallest absolute Gasteiger partial charge is 0.146 e. The van der Waals surface area contributed by atoms with Crippen molar-refractivity contribution in [1.29, 1.82) is 0 Å². The minimum atomic E-state index is -0.213. The van der Waals surface area contributed by atoms with Crippen molar-refractivity contribution >= 4 is 28.6 Å². The molecule has 0 aliphatic rings. The Hall–Kier alpha value is -1.10. The number of halogens is 2. The molecule has 2 nitrogen and oxygen atoms in total. The Kier molecular flexibility index (Phi) is 5.19. The van der Waals surface area contributed by atoms with Crippen LogP contribution in [0.4, 0.5) is 10.1 Å². The largest absolute Gasteiger partial charge is 0.381 e. The average Bonchev–Trinajstić information content (AvgIpc) is 2.77. The highest BCUT2D eigenvalue weighted by Crippen LogP contribution is 2.22. The Bertz CT molecular complexity index is 530. The van der Waals surface area contributed by atoms with E-state index in [4.69, 9.17) is 11.6 Å². The van der Waals surface area contributed by atoms with Crippen molar-refractivity contribution in [3.8, 4) is 0 Å². The van der Waals surface area contributed by atoms with Gasteiger partial charge in [-0.05, 0) is 31.3 Å². The van der Waals surface area contributed by atoms with E-state index in [1.165, 1.54) is 10.9 Å². The van der Waals surface area contributed by atoms with Gasteiger partial charge in [-0.1, -0.05) is 23.7 Å². The van der Waals surface area contributed by atoms with Crippen molar-refractivity contribution in [2.45, 2.75) is 6.54 Å². The van der Waals surface area contributed by atoms with Gasteiger partial charge in [0, 0.05) is 24.5 Å². The standard InChI is InChI=1S/C14H16ClFN2S/c1-18(10-11-6-7-14(15)19-11)9-8-17-13-5-3-2-4-12(13)16/h2-7,17H,8-10H2,1H3. The maximum Gasteiger partial charge on any atom is 0.146 e. The number of nitrogens with one attached hydrogen (secondary N) is 1. The summed E-state index contributed by atoms with van der Waals surface area (Å²) in [5.74, 6) is -0.213. The summed E-state index contributed by atoms with van der Waals surface area (Å²) in [5.41, 5.74) is 0.551. The van der Waals surface area contributed by atoms with Gasteiger partial charge in [-0.3, -0.25) is 4.90 Å². The Morgan fingerprint density at radius 1 is 1.26 bits per heavy atom. The van der Waals surface area contributed by atoms with E-state index in [-0.39, 0.29) is 5.82 Å². The average molecular weight is 299 g/mol. The van der Waals surface area contributed by atoms with Gasteiger partial charge in [0.2, 0.25) is 0 Å². The van der Waals surface area contributed by atoms with Crippen LogP contribution in [0.2, 0.25) is 4.34 Å². The minimum Gasteiger partial charge on any atom is -0.381 e. The van der Waals surface area contributed by atoms with Crippen molar-refractivity contribution in [2.24, 2.45) is 0 Å². The van der Waals surface area contributed by atoms with Gasteiger partial charge in [-0.2, -0.15) is 0 Å². The van der Waals surface area contributed by atoms with Gasteiger partial charge in [0.25, 0.3) is 0 Å². The third-order valence-electron chi connectivity index (χ3n) is 2.74. The van der Waals surface area contributed by atoms with Crippen LogP contribution < -0.4 is 5.32 Å². The van der Waals surface area contributed by atoms with E-state index in [1.807, 2.05) is 25.2 Å². The molecule has 19 heavy (non-hydrogen) atoms. The highest BCUT2D eigenvalue weighted by molar-refractivity contribution is 7.16. The monoisotopic (exact) mass is 298 g/mol. The van der Waals surface area contributed by atoms with E-state index >= 15 is 0 Å². The minimum absolute atomic E-state index is 0.213. The van der Waals surface area contributed by atoms with Crippen LogP contribution in [-0.2, 0) is 6.54 Å². The highest BCUT2D eigenvalue weighted by atomic mass is 35.5. The fourth-order valence-electron chi connectivity index (χ4n) is 1.77. The molecular weight excluding hydrogens is 283 g/mol. The van der Waals surface area contributed by atoms with Gasteiger partial charge < -0.3 is 5.32 Å². The van der Waals surface area contributed by atoms with Crippen LogP contribution >= 0.6 is 22.9 Å². The SMILES string of the molecule is CN(CCNc1ccccc1F)Cc1ccc(Cl)s1. The molecule has 0 atom stereocenters. The predicted molar refractivity (Wildman–Crippen MR) is 80.6 cm³/mol. The number of nitrogens with zero attached hydrogens (tertiary/aromatic N) is 1. The molecule has 0 aliphatic carbocycles. The van der Waals surface area contributed by atoms with Gasteiger partial charge in [-0.25, -0.2) is 4.39 Å². The topological polar surface area (TPSA) is 15.3 Å². The van der Waals surface area contributed by atoms with Crippen molar-refractivity contribution < 1.29 is 4.39 Å². The lowest BCUT2D eigenvalue weighted by Crippen LogP contribution is -2.24. The maximum absolute atomic E-state index is 13.4. The van der Waals surface area contributed by atoms with E-state index in [9.17, 15) is 4.39 Å². The molecule has 2 rings (SSSR count). The van der Waals surface area contributed by atoms with Crippen LogP contribution in [0.25, 0.3) is 0 Å². The molecule has 1 N–H and O–H groups in total. The lowest BCUT2D eigenvalue weighted by molar-refractivity contribution is 0.343. The van der Waals surface area contributed by atoms with Crippen molar-refractivity contribution in [3.05, 3.63) is 51.4 Å². The highest BCUT2D eigenvalue weighted by Gasteiger charge is 2.04. The molecule has 102 valence electrons.